The number of hydrogen-bond acceptors (Lipinski definition) is 5. The highest BCUT2D eigenvalue weighted by molar-refractivity contribution is 5.97. The van der Waals surface area contributed by atoms with Crippen LogP contribution in [0.1, 0.15) is 36.2 Å². The molecular formula is C23H30N2O5. The summed E-state index contributed by atoms with van der Waals surface area (Å²) in [4.78, 5) is 25.5. The Hall–Kier alpha value is -3.22. The number of ether oxygens (including phenoxy) is 3. The first-order chi connectivity index (χ1) is 14.4. The number of carbonyl (C=O) groups excluding carboxylic acids is 2. The van der Waals surface area contributed by atoms with Gasteiger partial charge in [-0.05, 0) is 35.7 Å². The van der Waals surface area contributed by atoms with Gasteiger partial charge < -0.3 is 24.8 Å². The first kappa shape index (κ1) is 23.1. The minimum absolute atomic E-state index is 0.0300. The number of methoxy groups -OCH3 is 3. The highest BCUT2D eigenvalue weighted by Gasteiger charge is 2.26. The zero-order valence-electron chi connectivity index (χ0n) is 18.2. The molecule has 2 aromatic carbocycles. The average molecular weight is 415 g/mol. The van der Waals surface area contributed by atoms with Gasteiger partial charge in [0.25, 0.3) is 5.91 Å². The molecule has 0 saturated carbocycles. The third-order valence-corrected chi connectivity index (χ3v) is 5.01. The van der Waals surface area contributed by atoms with Crippen molar-refractivity contribution >= 4 is 11.8 Å². The maximum atomic E-state index is 12.9. The van der Waals surface area contributed by atoms with Gasteiger partial charge in [0.1, 0.15) is 6.04 Å². The highest BCUT2D eigenvalue weighted by Crippen LogP contribution is 2.38. The predicted molar refractivity (Wildman–Crippen MR) is 115 cm³/mol. The van der Waals surface area contributed by atoms with Crippen LogP contribution in [0.2, 0.25) is 0 Å². The second-order valence-electron chi connectivity index (χ2n) is 6.95. The largest absolute Gasteiger partial charge is 0.493 e. The lowest BCUT2D eigenvalue weighted by molar-refractivity contribution is -0.124. The van der Waals surface area contributed by atoms with E-state index >= 15 is 0 Å². The molecule has 0 bridgehead atoms. The van der Waals surface area contributed by atoms with Crippen molar-refractivity contribution < 1.29 is 23.8 Å². The molecule has 0 aromatic heterocycles. The molecule has 7 nitrogen and oxygen atoms in total. The molecule has 0 spiro atoms. The molecule has 0 aliphatic heterocycles. The number of hydrogen-bond donors (Lipinski definition) is 2. The standard InChI is InChI=1S/C23H30N2O5/c1-6-15(2)20(25-22(26)17-10-8-7-9-11-17)23(27)24-14-16-12-18(28-3)21(30-5)19(13-16)29-4/h7-13,15,20H,6,14H2,1-5H3,(H,24,27)(H,25,26)/t15-,20-/m0/s1. The molecule has 0 aliphatic rings. The zero-order valence-corrected chi connectivity index (χ0v) is 18.2. The Kier molecular flexibility index (Phi) is 8.53. The van der Waals surface area contributed by atoms with Crippen molar-refractivity contribution in [1.82, 2.24) is 10.6 Å². The van der Waals surface area contributed by atoms with Crippen molar-refractivity contribution in [3.8, 4) is 17.2 Å². The monoisotopic (exact) mass is 414 g/mol. The Morgan fingerprint density at radius 2 is 1.57 bits per heavy atom. The molecule has 2 aromatic rings. The van der Waals surface area contributed by atoms with E-state index in [1.54, 1.807) is 36.4 Å². The number of carbonyl (C=O) groups is 2. The molecule has 162 valence electrons. The summed E-state index contributed by atoms with van der Waals surface area (Å²) in [5, 5.41) is 5.77. The molecule has 2 atom stereocenters. The third-order valence-electron chi connectivity index (χ3n) is 5.01. The lowest BCUT2D eigenvalue weighted by atomic mass is 9.97. The third kappa shape index (κ3) is 5.65. The summed E-state index contributed by atoms with van der Waals surface area (Å²) < 4.78 is 16.0. The summed E-state index contributed by atoms with van der Waals surface area (Å²) in [6, 6.07) is 11.8. The van der Waals surface area contributed by atoms with Crippen LogP contribution in [0, 0.1) is 5.92 Å². The Labute approximate surface area is 177 Å². The van der Waals surface area contributed by atoms with Gasteiger partial charge in [0.05, 0.1) is 21.3 Å². The fourth-order valence-corrected chi connectivity index (χ4v) is 3.05. The summed E-state index contributed by atoms with van der Waals surface area (Å²) >= 11 is 0. The molecule has 0 saturated heterocycles. The molecular weight excluding hydrogens is 384 g/mol. The maximum absolute atomic E-state index is 12.9. The minimum atomic E-state index is -0.648. The van der Waals surface area contributed by atoms with Crippen LogP contribution in [-0.4, -0.2) is 39.2 Å². The summed E-state index contributed by atoms with van der Waals surface area (Å²) in [6.45, 7) is 4.18. The fraction of sp³-hybridized carbons (Fsp3) is 0.391. The predicted octanol–water partition coefficient (Wildman–Crippen LogP) is 3.17. The molecule has 0 heterocycles. The second kappa shape index (κ2) is 11.1. The lowest BCUT2D eigenvalue weighted by Crippen LogP contribution is -2.50. The molecule has 0 fully saturated rings. The van der Waals surface area contributed by atoms with E-state index in [1.807, 2.05) is 19.9 Å². The van der Waals surface area contributed by atoms with Gasteiger partial charge in [0.2, 0.25) is 11.7 Å². The van der Waals surface area contributed by atoms with E-state index in [4.69, 9.17) is 14.2 Å². The van der Waals surface area contributed by atoms with Gasteiger partial charge in [-0.1, -0.05) is 38.5 Å². The van der Waals surface area contributed by atoms with Crippen LogP contribution in [0.5, 0.6) is 17.2 Å². The van der Waals surface area contributed by atoms with E-state index in [2.05, 4.69) is 10.6 Å². The summed E-state index contributed by atoms with van der Waals surface area (Å²) in [5.41, 5.74) is 1.30. The van der Waals surface area contributed by atoms with Crippen LogP contribution in [0.15, 0.2) is 42.5 Å². The van der Waals surface area contributed by atoms with Gasteiger partial charge in [0, 0.05) is 12.1 Å². The molecule has 2 amide bonds. The van der Waals surface area contributed by atoms with E-state index in [1.165, 1.54) is 21.3 Å². The minimum Gasteiger partial charge on any atom is -0.493 e. The van der Waals surface area contributed by atoms with Gasteiger partial charge in [-0.25, -0.2) is 0 Å². The van der Waals surface area contributed by atoms with Crippen molar-refractivity contribution in [2.45, 2.75) is 32.9 Å². The fourth-order valence-electron chi connectivity index (χ4n) is 3.05. The van der Waals surface area contributed by atoms with Crippen LogP contribution in [0.4, 0.5) is 0 Å². The van der Waals surface area contributed by atoms with E-state index < -0.39 is 6.04 Å². The van der Waals surface area contributed by atoms with Crippen molar-refractivity contribution in [1.29, 1.82) is 0 Å². The lowest BCUT2D eigenvalue weighted by Gasteiger charge is -2.24. The van der Waals surface area contributed by atoms with Crippen molar-refractivity contribution in [3.05, 3.63) is 53.6 Å². The first-order valence-corrected chi connectivity index (χ1v) is 9.87. The van der Waals surface area contributed by atoms with Gasteiger partial charge >= 0.3 is 0 Å². The molecule has 2 N–H and O–H groups in total. The number of nitrogens with one attached hydrogen (secondary N) is 2. The summed E-state index contributed by atoms with van der Waals surface area (Å²) in [6.07, 6.45) is 0.747. The molecule has 30 heavy (non-hydrogen) atoms. The average Bonchev–Trinajstić information content (AvgIpc) is 2.79. The topological polar surface area (TPSA) is 85.9 Å². The van der Waals surface area contributed by atoms with Gasteiger partial charge in [-0.15, -0.1) is 0 Å². The first-order valence-electron chi connectivity index (χ1n) is 9.87. The van der Waals surface area contributed by atoms with Gasteiger partial charge in [-0.3, -0.25) is 9.59 Å². The maximum Gasteiger partial charge on any atom is 0.251 e. The molecule has 0 aliphatic carbocycles. The quantitative estimate of drug-likeness (QED) is 0.624. The Bertz CT molecular complexity index is 829. The number of benzene rings is 2. The van der Waals surface area contributed by atoms with E-state index in [0.717, 1.165) is 12.0 Å². The van der Waals surface area contributed by atoms with Crippen LogP contribution in [0.3, 0.4) is 0 Å². The normalized spacial score (nSPS) is 12.4. The van der Waals surface area contributed by atoms with E-state index in [-0.39, 0.29) is 24.3 Å². The molecule has 7 heteroatoms. The van der Waals surface area contributed by atoms with Crippen molar-refractivity contribution in [2.75, 3.05) is 21.3 Å². The van der Waals surface area contributed by atoms with E-state index in [0.29, 0.717) is 22.8 Å². The Morgan fingerprint density at radius 3 is 2.07 bits per heavy atom. The summed E-state index contributed by atoms with van der Waals surface area (Å²) in [7, 11) is 4.61. The van der Waals surface area contributed by atoms with Crippen LogP contribution in [0.25, 0.3) is 0 Å². The molecule has 0 unspecified atom stereocenters. The Morgan fingerprint density at radius 1 is 0.967 bits per heavy atom. The van der Waals surface area contributed by atoms with Gasteiger partial charge in [-0.2, -0.15) is 0 Å². The smallest absolute Gasteiger partial charge is 0.251 e. The molecule has 0 radical (unpaired) electrons. The van der Waals surface area contributed by atoms with Crippen molar-refractivity contribution in [2.24, 2.45) is 5.92 Å². The van der Waals surface area contributed by atoms with E-state index in [9.17, 15) is 9.59 Å². The summed E-state index contributed by atoms with van der Waals surface area (Å²) in [5.74, 6) is 0.959. The van der Waals surface area contributed by atoms with Crippen molar-refractivity contribution in [3.63, 3.8) is 0 Å². The second-order valence-corrected chi connectivity index (χ2v) is 6.95. The van der Waals surface area contributed by atoms with Crippen LogP contribution in [-0.2, 0) is 11.3 Å². The SMILES string of the molecule is CC[C@H](C)[C@H](NC(=O)c1ccccc1)C(=O)NCc1cc(OC)c(OC)c(OC)c1. The van der Waals surface area contributed by atoms with Gasteiger partial charge in [0.15, 0.2) is 11.5 Å². The Balaban J connectivity index is 2.13. The number of amides is 2. The van der Waals surface area contributed by atoms with Crippen LogP contribution < -0.4 is 24.8 Å². The highest BCUT2D eigenvalue weighted by atomic mass is 16.5. The zero-order chi connectivity index (χ0) is 22.1. The molecule has 2 rings (SSSR count). The number of rotatable bonds is 10. The van der Waals surface area contributed by atoms with Crippen LogP contribution >= 0.6 is 0 Å².